The van der Waals surface area contributed by atoms with Crippen molar-refractivity contribution >= 4 is 10.0 Å². The van der Waals surface area contributed by atoms with Crippen molar-refractivity contribution in [3.8, 4) is 0 Å². The largest absolute Gasteiger partial charge is 0.313 e. The van der Waals surface area contributed by atoms with Gasteiger partial charge in [0, 0.05) is 25.6 Å². The maximum absolute atomic E-state index is 11.5. The molecule has 1 rings (SSSR count). The molecular weight excluding hydrogens is 242 g/mol. The van der Waals surface area contributed by atoms with Crippen LogP contribution in [0.25, 0.3) is 0 Å². The zero-order valence-corrected chi connectivity index (χ0v) is 10.9. The van der Waals surface area contributed by atoms with Crippen LogP contribution in [0.2, 0.25) is 0 Å². The normalized spacial score (nSPS) is 12.2. The van der Waals surface area contributed by atoms with Gasteiger partial charge in [-0.1, -0.05) is 13.8 Å². The van der Waals surface area contributed by atoms with Gasteiger partial charge < -0.3 is 5.32 Å². The Morgan fingerprint density at radius 1 is 1.41 bits per heavy atom. The van der Waals surface area contributed by atoms with Gasteiger partial charge in [0.15, 0.2) is 0 Å². The quantitative estimate of drug-likeness (QED) is 0.572. The summed E-state index contributed by atoms with van der Waals surface area (Å²) in [5, 5.41) is 9.41. The fourth-order valence-electron chi connectivity index (χ4n) is 1.23. The lowest BCUT2D eigenvalue weighted by molar-refractivity contribution is 0.566. The predicted molar refractivity (Wildman–Crippen MR) is 65.0 cm³/mol. The molecule has 0 saturated carbocycles. The molecule has 0 bridgehead atoms. The average molecular weight is 261 g/mol. The highest BCUT2D eigenvalue weighted by atomic mass is 32.2. The van der Waals surface area contributed by atoms with Crippen LogP contribution in [-0.4, -0.2) is 48.5 Å². The van der Waals surface area contributed by atoms with Gasteiger partial charge in [-0.05, 0) is 0 Å². The first-order valence-corrected chi connectivity index (χ1v) is 7.20. The van der Waals surface area contributed by atoms with Crippen LogP contribution in [-0.2, 0) is 16.4 Å². The molecule has 0 atom stereocenters. The number of hydrogen-bond acceptors (Lipinski definition) is 5. The van der Waals surface area contributed by atoms with E-state index in [2.05, 4.69) is 25.2 Å². The summed E-state index contributed by atoms with van der Waals surface area (Å²) in [5.74, 6) is 0.759. The fourth-order valence-corrected chi connectivity index (χ4v) is 2.17. The van der Waals surface area contributed by atoms with Crippen molar-refractivity contribution in [2.75, 3.05) is 18.8 Å². The molecule has 7 nitrogen and oxygen atoms in total. The van der Waals surface area contributed by atoms with Gasteiger partial charge >= 0.3 is 0 Å². The van der Waals surface area contributed by atoms with Crippen LogP contribution in [0.1, 0.15) is 19.7 Å². The molecule has 17 heavy (non-hydrogen) atoms. The first kappa shape index (κ1) is 14.1. The lowest BCUT2D eigenvalue weighted by Crippen LogP contribution is -2.35. The maximum atomic E-state index is 11.5. The van der Waals surface area contributed by atoms with Crippen LogP contribution in [0.5, 0.6) is 0 Å². The van der Waals surface area contributed by atoms with Crippen LogP contribution in [0, 0.1) is 0 Å². The van der Waals surface area contributed by atoms with Crippen LogP contribution in [0.15, 0.2) is 6.33 Å². The van der Waals surface area contributed by atoms with Gasteiger partial charge in [0.05, 0.1) is 5.75 Å². The van der Waals surface area contributed by atoms with E-state index in [4.69, 9.17) is 0 Å². The number of sulfonamides is 1. The minimum atomic E-state index is -3.21. The molecule has 0 saturated heterocycles. The van der Waals surface area contributed by atoms with Crippen molar-refractivity contribution in [1.29, 1.82) is 0 Å². The molecule has 0 aliphatic heterocycles. The van der Waals surface area contributed by atoms with E-state index in [-0.39, 0.29) is 5.75 Å². The van der Waals surface area contributed by atoms with Gasteiger partial charge in [-0.15, -0.1) is 0 Å². The molecule has 0 radical (unpaired) electrons. The molecule has 0 amide bonds. The molecule has 0 fully saturated rings. The summed E-state index contributed by atoms with van der Waals surface area (Å²) in [6, 6.07) is 0.291. The summed E-state index contributed by atoms with van der Waals surface area (Å²) in [6.45, 7) is 4.74. The standard InChI is InChI=1S/C9H19N5O2S/c1-8(2)10-5-6-17(15,16)13-4-3-9-11-7-12-14-9/h7-8,10,13H,3-6H2,1-2H3,(H,11,12,14). The second-order valence-electron chi connectivity index (χ2n) is 4.00. The first-order valence-electron chi connectivity index (χ1n) is 5.54. The van der Waals surface area contributed by atoms with Gasteiger partial charge in [-0.2, -0.15) is 5.10 Å². The zero-order valence-electron chi connectivity index (χ0n) is 10.1. The summed E-state index contributed by atoms with van der Waals surface area (Å²) < 4.78 is 25.6. The third-order valence-electron chi connectivity index (χ3n) is 2.07. The Bertz CT molecular complexity index is 401. The van der Waals surface area contributed by atoms with Crippen LogP contribution in [0.4, 0.5) is 0 Å². The number of rotatable bonds is 8. The third-order valence-corrected chi connectivity index (χ3v) is 3.46. The molecule has 3 N–H and O–H groups in total. The second kappa shape index (κ2) is 6.67. The molecule has 0 spiro atoms. The highest BCUT2D eigenvalue weighted by molar-refractivity contribution is 7.89. The van der Waals surface area contributed by atoms with Crippen LogP contribution in [0.3, 0.4) is 0 Å². The average Bonchev–Trinajstić information content (AvgIpc) is 2.69. The number of hydrogen-bond donors (Lipinski definition) is 3. The Morgan fingerprint density at radius 2 is 2.18 bits per heavy atom. The smallest absolute Gasteiger partial charge is 0.212 e. The van der Waals surface area contributed by atoms with E-state index in [1.807, 2.05) is 13.8 Å². The zero-order chi connectivity index (χ0) is 12.7. The van der Waals surface area contributed by atoms with Crippen LogP contribution >= 0.6 is 0 Å². The third kappa shape index (κ3) is 6.35. The Kier molecular flexibility index (Phi) is 5.52. The molecule has 1 aromatic heterocycles. The number of aromatic amines is 1. The minimum absolute atomic E-state index is 0.0849. The molecule has 1 aromatic rings. The lowest BCUT2D eigenvalue weighted by atomic mass is 10.4. The highest BCUT2D eigenvalue weighted by Crippen LogP contribution is 1.89. The number of H-pyrrole nitrogens is 1. The monoisotopic (exact) mass is 261 g/mol. The Hall–Kier alpha value is -0.990. The molecule has 0 aromatic carbocycles. The van der Waals surface area contributed by atoms with E-state index in [9.17, 15) is 8.42 Å². The van der Waals surface area contributed by atoms with Gasteiger partial charge in [0.25, 0.3) is 0 Å². The van der Waals surface area contributed by atoms with Crippen molar-refractivity contribution < 1.29 is 8.42 Å². The molecule has 8 heteroatoms. The van der Waals surface area contributed by atoms with E-state index in [0.717, 1.165) is 0 Å². The molecule has 1 heterocycles. The second-order valence-corrected chi connectivity index (χ2v) is 5.93. The number of aromatic nitrogens is 3. The molecule has 0 aliphatic rings. The summed E-state index contributed by atoms with van der Waals surface area (Å²) >= 11 is 0. The van der Waals surface area contributed by atoms with E-state index < -0.39 is 10.0 Å². The lowest BCUT2D eigenvalue weighted by Gasteiger charge is -2.09. The SMILES string of the molecule is CC(C)NCCS(=O)(=O)NCCc1ncn[nH]1. The van der Waals surface area contributed by atoms with Crippen molar-refractivity contribution in [1.82, 2.24) is 25.2 Å². The summed E-state index contributed by atoms with van der Waals surface area (Å²) in [6.07, 6.45) is 1.91. The fraction of sp³-hybridized carbons (Fsp3) is 0.778. The summed E-state index contributed by atoms with van der Waals surface area (Å²) in [4.78, 5) is 3.91. The van der Waals surface area contributed by atoms with E-state index in [1.165, 1.54) is 6.33 Å². The molecule has 0 aliphatic carbocycles. The van der Waals surface area contributed by atoms with Gasteiger partial charge in [-0.3, -0.25) is 5.10 Å². The van der Waals surface area contributed by atoms with Crippen molar-refractivity contribution in [2.24, 2.45) is 0 Å². The first-order chi connectivity index (χ1) is 7.99. The van der Waals surface area contributed by atoms with Gasteiger partial charge in [0.1, 0.15) is 12.2 Å². The number of nitrogens with zero attached hydrogens (tertiary/aromatic N) is 2. The Balaban J connectivity index is 2.20. The molecular formula is C9H19N5O2S. The van der Waals surface area contributed by atoms with Crippen LogP contribution < -0.4 is 10.0 Å². The van der Waals surface area contributed by atoms with Crippen molar-refractivity contribution in [3.63, 3.8) is 0 Å². The topological polar surface area (TPSA) is 99.8 Å². The van der Waals surface area contributed by atoms with E-state index in [1.54, 1.807) is 0 Å². The molecule has 98 valence electrons. The number of nitrogens with one attached hydrogen (secondary N) is 3. The summed E-state index contributed by atoms with van der Waals surface area (Å²) in [5.41, 5.74) is 0. The van der Waals surface area contributed by atoms with Crippen molar-refractivity contribution in [3.05, 3.63) is 12.2 Å². The maximum Gasteiger partial charge on any atom is 0.212 e. The van der Waals surface area contributed by atoms with Crippen molar-refractivity contribution in [2.45, 2.75) is 26.3 Å². The van der Waals surface area contributed by atoms with Gasteiger partial charge in [-0.25, -0.2) is 18.1 Å². The van der Waals surface area contributed by atoms with Gasteiger partial charge in [0.2, 0.25) is 10.0 Å². The van der Waals surface area contributed by atoms with E-state index >= 15 is 0 Å². The van der Waals surface area contributed by atoms with E-state index in [0.29, 0.717) is 31.4 Å². The molecule has 0 unspecified atom stereocenters. The minimum Gasteiger partial charge on any atom is -0.313 e. The predicted octanol–water partition coefficient (Wildman–Crippen LogP) is -0.735. The summed E-state index contributed by atoms with van der Waals surface area (Å²) in [7, 11) is -3.21. The Labute approximate surface area is 101 Å². The Morgan fingerprint density at radius 3 is 2.76 bits per heavy atom. The highest BCUT2D eigenvalue weighted by Gasteiger charge is 2.09.